The van der Waals surface area contributed by atoms with Crippen LogP contribution in [0.15, 0.2) is 108 Å². The summed E-state index contributed by atoms with van der Waals surface area (Å²) in [6, 6.07) is 28.4. The van der Waals surface area contributed by atoms with E-state index in [0.29, 0.717) is 17.2 Å². The first-order valence-corrected chi connectivity index (χ1v) is 17.0. The van der Waals surface area contributed by atoms with Crippen LogP contribution in [0.4, 0.5) is 5.69 Å². The second kappa shape index (κ2) is 15.8. The predicted octanol–water partition coefficient (Wildman–Crippen LogP) is 6.41. The van der Waals surface area contributed by atoms with Crippen LogP contribution in [0.3, 0.4) is 0 Å². The van der Waals surface area contributed by atoms with Gasteiger partial charge in [-0.2, -0.15) is 0 Å². The molecule has 0 fully saturated rings. The summed E-state index contributed by atoms with van der Waals surface area (Å²) in [5, 5.41) is 3.36. The van der Waals surface area contributed by atoms with Gasteiger partial charge in [0.15, 0.2) is 0 Å². The Balaban J connectivity index is 1.82. The molecule has 4 aromatic carbocycles. The van der Waals surface area contributed by atoms with E-state index in [-0.39, 0.29) is 35.5 Å². The van der Waals surface area contributed by atoms with Crippen molar-refractivity contribution in [3.05, 3.63) is 125 Å². The van der Waals surface area contributed by atoms with Crippen molar-refractivity contribution in [2.24, 2.45) is 0 Å². The third-order valence-corrected chi connectivity index (χ3v) is 9.92. The standard InChI is InChI=1S/C36H40ClN3O5S/c1-5-27(3)38-36(42)34(22-28-13-7-6-8-14-28)39(24-29-15-10-9-12-26(29)2)35(41)25-40(31-17-11-16-30(37)23-31)46(43,44)33-20-18-32(45-4)19-21-33/h6-21,23,27,34H,5,22,24-25H2,1-4H3,(H,38,42)/t27-,34-/m0/s1. The average molecular weight is 662 g/mol. The van der Waals surface area contributed by atoms with Crippen molar-refractivity contribution in [1.29, 1.82) is 0 Å². The van der Waals surface area contributed by atoms with Gasteiger partial charge in [-0.3, -0.25) is 13.9 Å². The molecule has 0 bridgehead atoms. The highest BCUT2D eigenvalue weighted by Gasteiger charge is 2.35. The summed E-state index contributed by atoms with van der Waals surface area (Å²) in [6.45, 7) is 5.36. The Hall–Kier alpha value is -4.34. The van der Waals surface area contributed by atoms with Gasteiger partial charge >= 0.3 is 0 Å². The minimum atomic E-state index is -4.26. The molecule has 1 N–H and O–H groups in total. The number of halogens is 1. The summed E-state index contributed by atoms with van der Waals surface area (Å²) in [6.07, 6.45) is 0.946. The monoisotopic (exact) mass is 661 g/mol. The number of sulfonamides is 1. The minimum Gasteiger partial charge on any atom is -0.497 e. The number of carbonyl (C=O) groups is 2. The van der Waals surface area contributed by atoms with Gasteiger partial charge in [-0.05, 0) is 79.4 Å². The van der Waals surface area contributed by atoms with Crippen LogP contribution < -0.4 is 14.4 Å². The van der Waals surface area contributed by atoms with E-state index in [0.717, 1.165) is 21.0 Å². The van der Waals surface area contributed by atoms with E-state index in [1.807, 2.05) is 75.4 Å². The fraction of sp³-hybridized carbons (Fsp3) is 0.278. The Morgan fingerprint density at radius 3 is 2.22 bits per heavy atom. The number of nitrogens with zero attached hydrogens (tertiary/aromatic N) is 2. The van der Waals surface area contributed by atoms with Gasteiger partial charge in [-0.15, -0.1) is 0 Å². The first kappa shape index (κ1) is 34.5. The largest absolute Gasteiger partial charge is 0.497 e. The van der Waals surface area contributed by atoms with Crippen molar-refractivity contribution in [2.75, 3.05) is 18.0 Å². The molecule has 0 unspecified atom stereocenters. The third kappa shape index (κ3) is 8.68. The normalized spacial score (nSPS) is 12.5. The molecule has 8 nitrogen and oxygen atoms in total. The lowest BCUT2D eigenvalue weighted by atomic mass is 10.0. The molecule has 4 aromatic rings. The number of methoxy groups -OCH3 is 1. The van der Waals surface area contributed by atoms with Crippen LogP contribution in [-0.2, 0) is 32.6 Å². The molecule has 242 valence electrons. The van der Waals surface area contributed by atoms with E-state index in [2.05, 4.69) is 5.32 Å². The topological polar surface area (TPSA) is 96.0 Å². The lowest BCUT2D eigenvalue weighted by molar-refractivity contribution is -0.140. The number of hydrogen-bond acceptors (Lipinski definition) is 5. The Morgan fingerprint density at radius 2 is 1.59 bits per heavy atom. The number of benzene rings is 4. The Kier molecular flexibility index (Phi) is 11.8. The first-order valence-electron chi connectivity index (χ1n) is 15.1. The fourth-order valence-corrected chi connectivity index (χ4v) is 6.59. The van der Waals surface area contributed by atoms with Crippen LogP contribution in [0, 0.1) is 6.92 Å². The Bertz CT molecular complexity index is 1730. The molecule has 2 amide bonds. The highest BCUT2D eigenvalue weighted by Crippen LogP contribution is 2.28. The Morgan fingerprint density at radius 1 is 0.913 bits per heavy atom. The van der Waals surface area contributed by atoms with Gasteiger partial charge in [0, 0.05) is 24.0 Å². The second-order valence-corrected chi connectivity index (χ2v) is 13.4. The molecule has 0 radical (unpaired) electrons. The molecule has 2 atom stereocenters. The highest BCUT2D eigenvalue weighted by molar-refractivity contribution is 7.92. The quantitative estimate of drug-likeness (QED) is 0.169. The summed E-state index contributed by atoms with van der Waals surface area (Å²) >= 11 is 6.31. The van der Waals surface area contributed by atoms with Gasteiger partial charge in [0.25, 0.3) is 10.0 Å². The SMILES string of the molecule is CC[C@H](C)NC(=O)[C@H](Cc1ccccc1)N(Cc1ccccc1C)C(=O)CN(c1cccc(Cl)c1)S(=O)(=O)c1ccc(OC)cc1. The van der Waals surface area contributed by atoms with Crippen LogP contribution in [-0.4, -0.2) is 50.9 Å². The molecule has 0 aromatic heterocycles. The van der Waals surface area contributed by atoms with Crippen molar-refractivity contribution >= 4 is 39.1 Å². The fourth-order valence-electron chi connectivity index (χ4n) is 5.00. The van der Waals surface area contributed by atoms with E-state index in [4.69, 9.17) is 16.3 Å². The zero-order valence-corrected chi connectivity index (χ0v) is 28.1. The number of hydrogen-bond donors (Lipinski definition) is 1. The van der Waals surface area contributed by atoms with E-state index in [1.165, 1.54) is 30.2 Å². The highest BCUT2D eigenvalue weighted by atomic mass is 35.5. The van der Waals surface area contributed by atoms with Crippen LogP contribution >= 0.6 is 11.6 Å². The van der Waals surface area contributed by atoms with Crippen LogP contribution in [0.1, 0.15) is 37.0 Å². The van der Waals surface area contributed by atoms with Crippen molar-refractivity contribution in [3.63, 3.8) is 0 Å². The Labute approximate surface area is 277 Å². The first-order chi connectivity index (χ1) is 22.0. The number of ether oxygens (including phenoxy) is 1. The van der Waals surface area contributed by atoms with Crippen LogP contribution in [0.5, 0.6) is 5.75 Å². The van der Waals surface area contributed by atoms with Gasteiger partial charge in [0.1, 0.15) is 18.3 Å². The maximum atomic E-state index is 14.6. The van der Waals surface area contributed by atoms with Crippen molar-refractivity contribution in [3.8, 4) is 5.75 Å². The van der Waals surface area contributed by atoms with Gasteiger partial charge < -0.3 is 15.0 Å². The number of aryl methyl sites for hydroxylation is 1. The molecule has 0 spiro atoms. The van der Waals surface area contributed by atoms with Crippen molar-refractivity contribution in [2.45, 2.75) is 57.1 Å². The maximum absolute atomic E-state index is 14.6. The molecule has 0 saturated carbocycles. The minimum absolute atomic E-state index is 0.0260. The van der Waals surface area contributed by atoms with Crippen LogP contribution in [0.2, 0.25) is 5.02 Å². The summed E-state index contributed by atoms with van der Waals surface area (Å²) < 4.78 is 34.6. The number of carbonyl (C=O) groups excluding carboxylic acids is 2. The number of nitrogens with one attached hydrogen (secondary N) is 1. The van der Waals surface area contributed by atoms with Gasteiger partial charge in [-0.1, -0.05) is 79.2 Å². The molecule has 0 aliphatic carbocycles. The van der Waals surface area contributed by atoms with Crippen molar-refractivity contribution in [1.82, 2.24) is 10.2 Å². The van der Waals surface area contributed by atoms with E-state index in [1.54, 1.807) is 30.3 Å². The molecule has 46 heavy (non-hydrogen) atoms. The maximum Gasteiger partial charge on any atom is 0.264 e. The molecule has 0 aliphatic rings. The molecule has 4 rings (SSSR count). The molecular formula is C36H40ClN3O5S. The number of amides is 2. The molecule has 10 heteroatoms. The van der Waals surface area contributed by atoms with E-state index >= 15 is 0 Å². The smallest absolute Gasteiger partial charge is 0.264 e. The van der Waals surface area contributed by atoms with Crippen LogP contribution in [0.25, 0.3) is 0 Å². The zero-order valence-electron chi connectivity index (χ0n) is 26.5. The predicted molar refractivity (Wildman–Crippen MR) is 183 cm³/mol. The summed E-state index contributed by atoms with van der Waals surface area (Å²) in [5.74, 6) is -0.363. The number of rotatable bonds is 14. The van der Waals surface area contributed by atoms with Gasteiger partial charge in [0.05, 0.1) is 17.7 Å². The number of anilines is 1. The van der Waals surface area contributed by atoms with E-state index in [9.17, 15) is 18.0 Å². The summed E-state index contributed by atoms with van der Waals surface area (Å²) in [4.78, 5) is 30.0. The van der Waals surface area contributed by atoms with Crippen molar-refractivity contribution < 1.29 is 22.7 Å². The zero-order chi connectivity index (χ0) is 33.3. The summed E-state index contributed by atoms with van der Waals surface area (Å²) in [7, 11) is -2.77. The molecule has 0 saturated heterocycles. The third-order valence-electron chi connectivity index (χ3n) is 7.90. The molecule has 0 aliphatic heterocycles. The summed E-state index contributed by atoms with van der Waals surface area (Å²) in [5.41, 5.74) is 2.87. The lowest BCUT2D eigenvalue weighted by Crippen LogP contribution is -2.54. The van der Waals surface area contributed by atoms with Gasteiger partial charge in [-0.25, -0.2) is 8.42 Å². The second-order valence-electron chi connectivity index (χ2n) is 11.1. The lowest BCUT2D eigenvalue weighted by Gasteiger charge is -2.34. The molecule has 0 heterocycles. The molecular weight excluding hydrogens is 622 g/mol. The average Bonchev–Trinajstić information content (AvgIpc) is 3.06. The van der Waals surface area contributed by atoms with E-state index < -0.39 is 28.5 Å². The van der Waals surface area contributed by atoms with Gasteiger partial charge in [0.2, 0.25) is 11.8 Å².